The first kappa shape index (κ1) is 50.9. The van der Waals surface area contributed by atoms with Crippen molar-refractivity contribution in [3.63, 3.8) is 0 Å². The summed E-state index contributed by atoms with van der Waals surface area (Å²) < 4.78 is 19.5. The third-order valence-corrected chi connectivity index (χ3v) is 10.8. The number of fused-ring (bicyclic) bond motifs is 6. The molecule has 1 fully saturated rings. The van der Waals surface area contributed by atoms with Crippen LogP contribution in [0.15, 0.2) is 54.9 Å². The minimum absolute atomic E-state index is 0. The van der Waals surface area contributed by atoms with Crippen molar-refractivity contribution in [3.05, 3.63) is 71.5 Å². The van der Waals surface area contributed by atoms with Crippen LogP contribution in [0, 0.1) is 11.3 Å². The molecule has 14 nitrogen and oxygen atoms in total. The van der Waals surface area contributed by atoms with Gasteiger partial charge in [0.2, 0.25) is 0 Å². The normalized spacial score (nSPS) is 18.1. The molecule has 3 N–H and O–H groups in total. The largest absolute Gasteiger partial charge is 0.508 e. The SMILES string of the molecule is CCn1c(-c2cnccc2COC)c2c3cc(ccc31)-c1cc(O)cc(c1)C[C@H](NC(=O)[C@@H](OC(=O)N(C)C)C(C)C)C(=O)N1CCC[C@H](N1)C(=O)OCC(C)(C)C2.S.S.S. The molecular weight excluding hydrogens is 837 g/mol. The smallest absolute Gasteiger partial charge is 0.410 e. The molecule has 334 valence electrons. The number of methoxy groups -OCH3 is 1. The average Bonchev–Trinajstić information content (AvgIpc) is 3.49. The van der Waals surface area contributed by atoms with Gasteiger partial charge in [-0.25, -0.2) is 10.2 Å². The number of hydrazine groups is 1. The Balaban J connectivity index is 0.00000331. The zero-order chi connectivity index (χ0) is 41.9. The number of carbonyl (C=O) groups excluding carboxylic acids is 4. The van der Waals surface area contributed by atoms with Gasteiger partial charge in [0.25, 0.3) is 11.8 Å². The van der Waals surface area contributed by atoms with Gasteiger partial charge >= 0.3 is 12.1 Å². The number of hydrogen-bond donors (Lipinski definition) is 3. The minimum atomic E-state index is -1.19. The van der Waals surface area contributed by atoms with Gasteiger partial charge in [-0.15, -0.1) is 0 Å². The summed E-state index contributed by atoms with van der Waals surface area (Å²) in [7, 11) is 4.71. The Hall–Kier alpha value is -4.42. The van der Waals surface area contributed by atoms with E-state index in [-0.39, 0.29) is 65.8 Å². The van der Waals surface area contributed by atoms with E-state index in [2.05, 4.69) is 53.2 Å². The molecule has 3 amide bonds. The molecule has 2 aromatic carbocycles. The average molecular weight is 899 g/mol. The van der Waals surface area contributed by atoms with Crippen molar-refractivity contribution in [2.75, 3.05) is 34.4 Å². The Morgan fingerprint density at radius 2 is 1.82 bits per heavy atom. The Kier molecular flexibility index (Phi) is 18.0. The number of carbonyl (C=O) groups is 4. The zero-order valence-corrected chi connectivity index (χ0v) is 39.3. The lowest BCUT2D eigenvalue weighted by molar-refractivity contribution is -0.155. The lowest BCUT2D eigenvalue weighted by atomic mass is 9.84. The van der Waals surface area contributed by atoms with Crippen LogP contribution < -0.4 is 10.7 Å². The molecule has 17 heteroatoms. The number of phenolic OH excluding ortho intramolecular Hbond substituents is 1. The first-order valence-corrected chi connectivity index (χ1v) is 19.9. The first-order valence-electron chi connectivity index (χ1n) is 19.9. The number of ether oxygens (including phenoxy) is 3. The third-order valence-electron chi connectivity index (χ3n) is 10.8. The number of rotatable bonds is 8. The van der Waals surface area contributed by atoms with Crippen molar-refractivity contribution >= 4 is 75.3 Å². The van der Waals surface area contributed by atoms with Crippen molar-refractivity contribution in [3.8, 4) is 28.1 Å². The monoisotopic (exact) mass is 898 g/mol. The Labute approximate surface area is 379 Å². The van der Waals surface area contributed by atoms with Gasteiger partial charge in [0.15, 0.2) is 6.10 Å². The molecule has 0 spiro atoms. The summed E-state index contributed by atoms with van der Waals surface area (Å²) in [6.07, 6.45) is 3.28. The van der Waals surface area contributed by atoms with Crippen LogP contribution in [0.3, 0.4) is 0 Å². The quantitative estimate of drug-likeness (QED) is 0.180. The summed E-state index contributed by atoms with van der Waals surface area (Å²) in [6, 6.07) is 11.4. The molecule has 3 atom stereocenters. The zero-order valence-electron chi connectivity index (χ0n) is 36.3. The Morgan fingerprint density at radius 1 is 1.08 bits per heavy atom. The van der Waals surface area contributed by atoms with Crippen LogP contribution in [0.1, 0.15) is 64.2 Å². The summed E-state index contributed by atoms with van der Waals surface area (Å²) in [5, 5.41) is 16.4. The van der Waals surface area contributed by atoms with Gasteiger partial charge in [-0.3, -0.25) is 24.4 Å². The summed E-state index contributed by atoms with van der Waals surface area (Å²) in [5.74, 6) is -2.02. The number of phenols is 1. The standard InChI is InChI=1S/C44H56N6O8.3H2S/c1-9-49-37-13-12-28-21-32(37)33(38(49)34-23-45-15-14-29(34)24-56-8)22-44(4,5)25-57-42(54)35-11-10-16-50(47-35)41(53)36(19-27-17-30(28)20-31(51)18-27)46-40(52)39(26(2)3)58-43(55)48(6)7;;;/h12-15,17-18,20-21,23,26,35-36,39,47,51H,9-11,16,19,22,24-25H2,1-8H3,(H,46,52);3*1H2/t35-,36-,39-;;;/m0.../s1. The molecule has 2 aliphatic heterocycles. The van der Waals surface area contributed by atoms with E-state index < -0.39 is 53.4 Å². The molecule has 1 saturated heterocycles. The van der Waals surface area contributed by atoms with Gasteiger partial charge in [0, 0.05) is 75.0 Å². The molecule has 61 heavy (non-hydrogen) atoms. The van der Waals surface area contributed by atoms with E-state index in [1.807, 2.05) is 24.4 Å². The highest BCUT2D eigenvalue weighted by Gasteiger charge is 2.37. The first-order chi connectivity index (χ1) is 27.6. The number of nitrogens with zero attached hydrogens (tertiary/aromatic N) is 4. The number of nitrogens with one attached hydrogen (secondary N) is 2. The fraction of sp³-hybridized carbons (Fsp3) is 0.477. The number of esters is 1. The van der Waals surface area contributed by atoms with Gasteiger partial charge in [-0.05, 0) is 90.3 Å². The van der Waals surface area contributed by atoms with Gasteiger partial charge in [-0.1, -0.05) is 39.8 Å². The number of pyridine rings is 1. The van der Waals surface area contributed by atoms with Crippen LogP contribution >= 0.6 is 40.5 Å². The maximum atomic E-state index is 14.4. The van der Waals surface area contributed by atoms with E-state index in [0.29, 0.717) is 38.0 Å². The molecular formula is C44H62N6O8S3. The lowest BCUT2D eigenvalue weighted by Gasteiger charge is -2.36. The highest BCUT2D eigenvalue weighted by atomic mass is 32.1. The Morgan fingerprint density at radius 3 is 2.49 bits per heavy atom. The van der Waals surface area contributed by atoms with Gasteiger partial charge < -0.3 is 34.1 Å². The topological polar surface area (TPSA) is 165 Å². The summed E-state index contributed by atoms with van der Waals surface area (Å²) in [6.45, 7) is 11.2. The van der Waals surface area contributed by atoms with E-state index in [4.69, 9.17) is 14.2 Å². The number of amides is 3. The number of benzene rings is 2. The number of aromatic nitrogens is 2. The molecule has 2 aromatic heterocycles. The predicted molar refractivity (Wildman–Crippen MR) is 251 cm³/mol. The molecule has 6 bridgehead atoms. The van der Waals surface area contributed by atoms with E-state index in [1.54, 1.807) is 39.3 Å². The van der Waals surface area contributed by atoms with E-state index in [9.17, 15) is 24.3 Å². The number of aromatic hydroxyl groups is 1. The molecule has 0 aliphatic carbocycles. The fourth-order valence-electron chi connectivity index (χ4n) is 7.89. The molecule has 0 unspecified atom stereocenters. The van der Waals surface area contributed by atoms with Crippen molar-refractivity contribution < 1.29 is 38.5 Å². The Bertz CT molecular complexity index is 2200. The van der Waals surface area contributed by atoms with Gasteiger partial charge in [0.1, 0.15) is 17.8 Å². The van der Waals surface area contributed by atoms with Crippen molar-refractivity contribution in [1.29, 1.82) is 0 Å². The fourth-order valence-corrected chi connectivity index (χ4v) is 7.89. The molecule has 0 radical (unpaired) electrons. The predicted octanol–water partition coefficient (Wildman–Crippen LogP) is 5.95. The second kappa shape index (κ2) is 21.6. The molecule has 4 aromatic rings. The maximum Gasteiger partial charge on any atom is 0.410 e. The summed E-state index contributed by atoms with van der Waals surface area (Å²) in [4.78, 5) is 60.3. The molecule has 2 aliphatic rings. The van der Waals surface area contributed by atoms with Crippen LogP contribution in [0.5, 0.6) is 5.75 Å². The maximum absolute atomic E-state index is 14.4. The summed E-state index contributed by atoms with van der Waals surface area (Å²) in [5.41, 5.74) is 9.73. The second-order valence-corrected chi connectivity index (χ2v) is 16.6. The summed E-state index contributed by atoms with van der Waals surface area (Å²) >= 11 is 0. The van der Waals surface area contributed by atoms with Crippen molar-refractivity contribution in [2.24, 2.45) is 11.3 Å². The lowest BCUT2D eigenvalue weighted by Crippen LogP contribution is -2.61. The number of hydrogen-bond acceptors (Lipinski definition) is 10. The molecule has 0 saturated carbocycles. The van der Waals surface area contributed by atoms with Crippen molar-refractivity contribution in [2.45, 2.75) is 91.6 Å². The van der Waals surface area contributed by atoms with Gasteiger partial charge in [0.05, 0.1) is 18.9 Å². The van der Waals surface area contributed by atoms with E-state index >= 15 is 0 Å². The third kappa shape index (κ3) is 11.5. The highest BCUT2D eigenvalue weighted by molar-refractivity contribution is 7.59. The van der Waals surface area contributed by atoms with Crippen LogP contribution in [0.4, 0.5) is 4.79 Å². The van der Waals surface area contributed by atoms with E-state index in [1.165, 1.54) is 24.0 Å². The highest BCUT2D eigenvalue weighted by Crippen LogP contribution is 2.41. The van der Waals surface area contributed by atoms with Gasteiger partial charge in [-0.2, -0.15) is 40.5 Å². The number of cyclic esters (lactones) is 1. The van der Waals surface area contributed by atoms with Crippen LogP contribution in [0.25, 0.3) is 33.3 Å². The second-order valence-electron chi connectivity index (χ2n) is 16.6. The van der Waals surface area contributed by atoms with Crippen molar-refractivity contribution in [1.82, 2.24) is 30.2 Å². The minimum Gasteiger partial charge on any atom is -0.508 e. The number of aryl methyl sites for hydroxylation is 1. The molecule has 6 rings (SSSR count). The molecule has 4 heterocycles. The van der Waals surface area contributed by atoms with Crippen LogP contribution in [-0.2, 0) is 54.6 Å². The van der Waals surface area contributed by atoms with Crippen LogP contribution in [0.2, 0.25) is 0 Å². The van der Waals surface area contributed by atoms with Crippen LogP contribution in [-0.4, -0.2) is 101 Å². The van der Waals surface area contributed by atoms with E-state index in [0.717, 1.165) is 44.4 Å².